The Labute approximate surface area is 152 Å². The van der Waals surface area contributed by atoms with E-state index in [2.05, 4.69) is 43.4 Å². The molecule has 0 aromatic carbocycles. The van der Waals surface area contributed by atoms with Crippen LogP contribution in [0.5, 0.6) is 0 Å². The second-order valence-corrected chi connectivity index (χ2v) is 6.13. The molecule has 0 saturated carbocycles. The number of aliphatic carboxylic acids is 1. The van der Waals surface area contributed by atoms with Crippen molar-refractivity contribution in [1.29, 1.82) is 0 Å². The number of epoxide rings is 1. The van der Waals surface area contributed by atoms with Crippen molar-refractivity contribution >= 4 is 5.97 Å². The Morgan fingerprint density at radius 3 is 2.60 bits per heavy atom. The minimum Gasteiger partial charge on any atom is -0.550 e. The lowest BCUT2D eigenvalue weighted by Gasteiger charge is -1.99. The Hall–Kier alpha value is -1.87. The fourth-order valence-corrected chi connectivity index (χ4v) is 2.37. The summed E-state index contributed by atoms with van der Waals surface area (Å²) >= 11 is 0. The summed E-state index contributed by atoms with van der Waals surface area (Å²) in [6, 6.07) is 0. The maximum absolute atomic E-state index is 10.2. The van der Waals surface area contributed by atoms with E-state index < -0.39 is 5.97 Å². The first kappa shape index (κ1) is 21.2. The van der Waals surface area contributed by atoms with E-state index in [1.54, 1.807) is 0 Å². The third kappa shape index (κ3) is 13.1. The summed E-state index contributed by atoms with van der Waals surface area (Å²) in [6.07, 6.45) is 28.6. The topological polar surface area (TPSA) is 52.7 Å². The van der Waals surface area contributed by atoms with Crippen molar-refractivity contribution in [1.82, 2.24) is 0 Å². The second kappa shape index (κ2) is 14.5. The molecule has 1 rings (SSSR count). The molecule has 1 aliphatic heterocycles. The van der Waals surface area contributed by atoms with E-state index in [0.29, 0.717) is 6.10 Å². The van der Waals surface area contributed by atoms with Crippen molar-refractivity contribution in [3.8, 4) is 0 Å². The molecule has 2 atom stereocenters. The zero-order chi connectivity index (χ0) is 18.2. The first-order chi connectivity index (χ1) is 12.2. The number of ether oxygens (including phenoxy) is 1. The molecule has 138 valence electrons. The number of carbonyl (C=O) groups excluding carboxylic acids is 1. The van der Waals surface area contributed by atoms with E-state index in [0.717, 1.165) is 44.9 Å². The van der Waals surface area contributed by atoms with Gasteiger partial charge in [-0.2, -0.15) is 0 Å². The Morgan fingerprint density at radius 2 is 1.80 bits per heavy atom. The number of carboxylic acid groups (broad SMARTS) is 1. The van der Waals surface area contributed by atoms with Crippen LogP contribution in [-0.4, -0.2) is 18.2 Å². The first-order valence-electron chi connectivity index (χ1n) is 9.39. The normalized spacial score (nSPS) is 20.8. The van der Waals surface area contributed by atoms with Crippen LogP contribution in [0.2, 0.25) is 0 Å². The molecule has 0 aromatic heterocycles. The van der Waals surface area contributed by atoms with Crippen LogP contribution in [0.3, 0.4) is 0 Å². The van der Waals surface area contributed by atoms with E-state index >= 15 is 0 Å². The average Bonchev–Trinajstić information content (AvgIpc) is 3.33. The molecule has 0 N–H and O–H groups in total. The lowest BCUT2D eigenvalue weighted by atomic mass is 10.1. The molecule has 1 saturated heterocycles. The van der Waals surface area contributed by atoms with Gasteiger partial charge in [-0.05, 0) is 44.9 Å². The summed E-state index contributed by atoms with van der Waals surface area (Å²) in [5.74, 6) is -0.947. The van der Waals surface area contributed by atoms with Gasteiger partial charge in [0.1, 0.15) is 6.10 Å². The van der Waals surface area contributed by atoms with Crippen molar-refractivity contribution in [2.24, 2.45) is 0 Å². The van der Waals surface area contributed by atoms with Gasteiger partial charge in [0.05, 0.1) is 6.10 Å². The minimum atomic E-state index is -0.947. The lowest BCUT2D eigenvalue weighted by molar-refractivity contribution is -0.305. The molecular formula is C22H31O3-. The van der Waals surface area contributed by atoms with Crippen molar-refractivity contribution < 1.29 is 14.6 Å². The van der Waals surface area contributed by atoms with E-state index in [1.807, 2.05) is 24.3 Å². The third-order valence-corrected chi connectivity index (χ3v) is 3.85. The van der Waals surface area contributed by atoms with Gasteiger partial charge in [-0.25, -0.2) is 0 Å². The fraction of sp³-hybridized carbons (Fsp3) is 0.500. The molecule has 1 fully saturated rings. The van der Waals surface area contributed by atoms with Crippen LogP contribution in [0, 0.1) is 0 Å². The summed E-state index contributed by atoms with van der Waals surface area (Å²) in [5, 5.41) is 10.2. The highest BCUT2D eigenvalue weighted by Gasteiger charge is 2.34. The Morgan fingerprint density at radius 1 is 0.960 bits per heavy atom. The van der Waals surface area contributed by atoms with Crippen LogP contribution in [0.25, 0.3) is 0 Å². The van der Waals surface area contributed by atoms with Gasteiger partial charge in [-0.1, -0.05) is 74.1 Å². The van der Waals surface area contributed by atoms with Crippen LogP contribution in [0.4, 0.5) is 0 Å². The van der Waals surface area contributed by atoms with Crippen LogP contribution >= 0.6 is 0 Å². The Bertz CT molecular complexity index is 497. The number of unbranched alkanes of at least 4 members (excludes halogenated alkanes) is 3. The number of carbonyl (C=O) groups is 1. The van der Waals surface area contributed by atoms with Crippen molar-refractivity contribution in [3.63, 3.8) is 0 Å². The van der Waals surface area contributed by atoms with E-state index in [-0.39, 0.29) is 12.5 Å². The molecule has 0 aromatic rings. The average molecular weight is 343 g/mol. The van der Waals surface area contributed by atoms with Gasteiger partial charge in [-0.3, -0.25) is 0 Å². The SMILES string of the molecule is CC/C=C\C[C@@H]1O[C@H]1/C=C/C=C/C=C\C/C=C\CCCCCC(=O)[O-]. The number of rotatable bonds is 14. The van der Waals surface area contributed by atoms with Gasteiger partial charge in [0.2, 0.25) is 0 Å². The first-order valence-corrected chi connectivity index (χ1v) is 9.39. The summed E-state index contributed by atoms with van der Waals surface area (Å²) in [6.45, 7) is 2.14. The van der Waals surface area contributed by atoms with Crippen molar-refractivity contribution in [2.75, 3.05) is 0 Å². The largest absolute Gasteiger partial charge is 0.550 e. The molecule has 3 nitrogen and oxygen atoms in total. The zero-order valence-corrected chi connectivity index (χ0v) is 15.3. The van der Waals surface area contributed by atoms with Gasteiger partial charge >= 0.3 is 0 Å². The van der Waals surface area contributed by atoms with Gasteiger partial charge in [0.15, 0.2) is 0 Å². The number of hydrogen-bond donors (Lipinski definition) is 0. The maximum atomic E-state index is 10.2. The molecule has 0 aliphatic carbocycles. The summed E-state index contributed by atoms with van der Waals surface area (Å²) in [4.78, 5) is 10.2. The monoisotopic (exact) mass is 343 g/mol. The minimum absolute atomic E-state index is 0.177. The lowest BCUT2D eigenvalue weighted by Crippen LogP contribution is -2.21. The molecule has 0 bridgehead atoms. The molecule has 0 radical (unpaired) electrons. The molecule has 1 heterocycles. The van der Waals surface area contributed by atoms with Gasteiger partial charge < -0.3 is 14.6 Å². The summed E-state index contributed by atoms with van der Waals surface area (Å²) < 4.78 is 5.55. The van der Waals surface area contributed by atoms with Crippen LogP contribution in [-0.2, 0) is 9.53 Å². The van der Waals surface area contributed by atoms with Gasteiger partial charge in [0.25, 0.3) is 0 Å². The van der Waals surface area contributed by atoms with Gasteiger partial charge in [-0.15, -0.1) is 0 Å². The molecule has 0 amide bonds. The predicted octanol–water partition coefficient (Wildman–Crippen LogP) is 4.43. The molecule has 0 unspecified atom stereocenters. The highest BCUT2D eigenvalue weighted by Crippen LogP contribution is 2.26. The van der Waals surface area contributed by atoms with Crippen LogP contribution in [0.1, 0.15) is 58.3 Å². The molecule has 1 aliphatic rings. The van der Waals surface area contributed by atoms with E-state index in [1.165, 1.54) is 0 Å². The highest BCUT2D eigenvalue weighted by molar-refractivity contribution is 5.64. The molecule has 3 heteroatoms. The Balaban J connectivity index is 1.96. The summed E-state index contributed by atoms with van der Waals surface area (Å²) in [5.41, 5.74) is 0. The molecular weight excluding hydrogens is 312 g/mol. The molecule has 25 heavy (non-hydrogen) atoms. The third-order valence-electron chi connectivity index (χ3n) is 3.85. The predicted molar refractivity (Wildman–Crippen MR) is 102 cm³/mol. The van der Waals surface area contributed by atoms with Crippen LogP contribution in [0.15, 0.2) is 60.8 Å². The van der Waals surface area contributed by atoms with E-state index in [4.69, 9.17) is 4.74 Å². The smallest absolute Gasteiger partial charge is 0.103 e. The maximum Gasteiger partial charge on any atom is 0.103 e. The Kier molecular flexibility index (Phi) is 12.3. The standard InChI is InChI=1S/C22H32O3/c1-2-3-14-17-20-21(25-20)18-15-12-10-8-6-4-5-7-9-11-13-16-19-22(23)24/h3,5-8,10,12,14-15,18,20-21H,2,4,9,11,13,16-17,19H2,1H3,(H,23,24)/p-1/b7-5-,8-6-,12-10+,14-3-,18-15+/t20-,21-/m0/s1. The quantitative estimate of drug-likeness (QED) is 0.203. The molecule has 0 spiro atoms. The van der Waals surface area contributed by atoms with Crippen molar-refractivity contribution in [3.05, 3.63) is 60.8 Å². The van der Waals surface area contributed by atoms with Crippen LogP contribution < -0.4 is 5.11 Å². The zero-order valence-electron chi connectivity index (χ0n) is 15.3. The number of hydrogen-bond acceptors (Lipinski definition) is 3. The highest BCUT2D eigenvalue weighted by atomic mass is 16.6. The fourth-order valence-electron chi connectivity index (χ4n) is 2.37. The second-order valence-electron chi connectivity index (χ2n) is 6.13. The van der Waals surface area contributed by atoms with Crippen molar-refractivity contribution in [2.45, 2.75) is 70.5 Å². The van der Waals surface area contributed by atoms with Gasteiger partial charge in [0, 0.05) is 5.97 Å². The summed E-state index contributed by atoms with van der Waals surface area (Å²) in [7, 11) is 0. The van der Waals surface area contributed by atoms with E-state index in [9.17, 15) is 9.90 Å². The number of carboxylic acids is 1. The number of allylic oxidation sites excluding steroid dienone is 8.